The molecule has 0 radical (unpaired) electrons. The molecule has 5 nitrogen and oxygen atoms in total. The summed E-state index contributed by atoms with van der Waals surface area (Å²) in [5, 5.41) is 8.09. The van der Waals surface area contributed by atoms with Gasteiger partial charge in [-0.1, -0.05) is 25.5 Å². The van der Waals surface area contributed by atoms with Crippen molar-refractivity contribution in [2.45, 2.75) is 38.6 Å². The summed E-state index contributed by atoms with van der Waals surface area (Å²) in [4.78, 5) is 7.72. The zero-order valence-electron chi connectivity index (χ0n) is 14.0. The molecule has 3 aromatic rings. The van der Waals surface area contributed by atoms with Crippen molar-refractivity contribution >= 4 is 0 Å². The van der Waals surface area contributed by atoms with E-state index in [-0.39, 0.29) is 6.04 Å². The number of hydrogen-bond acceptors (Lipinski definition) is 3. The highest BCUT2D eigenvalue weighted by molar-refractivity contribution is 5.36. The maximum atomic E-state index is 4.55. The molecule has 0 spiro atoms. The van der Waals surface area contributed by atoms with Gasteiger partial charge >= 0.3 is 0 Å². The van der Waals surface area contributed by atoms with Crippen LogP contribution in [0.15, 0.2) is 43.0 Å². The average Bonchev–Trinajstić information content (AvgIpc) is 3.29. The molecule has 0 aliphatic carbocycles. The maximum absolute atomic E-state index is 4.55. The number of aromatic nitrogens is 4. The van der Waals surface area contributed by atoms with Crippen LogP contribution < -0.4 is 5.32 Å². The largest absolute Gasteiger partial charge is 0.348 e. The van der Waals surface area contributed by atoms with Crippen LogP contribution in [-0.4, -0.2) is 26.3 Å². The second-order valence-corrected chi connectivity index (χ2v) is 6.39. The predicted molar refractivity (Wildman–Crippen MR) is 94.3 cm³/mol. The van der Waals surface area contributed by atoms with Crippen LogP contribution in [0, 0.1) is 0 Å². The van der Waals surface area contributed by atoms with Crippen molar-refractivity contribution in [1.82, 2.24) is 25.1 Å². The van der Waals surface area contributed by atoms with E-state index in [1.54, 1.807) is 6.33 Å². The molecule has 0 amide bonds. The number of imidazole rings is 1. The first-order valence-corrected chi connectivity index (χ1v) is 8.74. The second kappa shape index (κ2) is 6.61. The molecule has 124 valence electrons. The Hall–Kier alpha value is -2.40. The molecule has 24 heavy (non-hydrogen) atoms. The Bertz CT molecular complexity index is 799. The van der Waals surface area contributed by atoms with Gasteiger partial charge in [0.2, 0.25) is 0 Å². The fraction of sp³-hybridized carbons (Fsp3) is 0.368. The molecule has 1 atom stereocenters. The lowest BCUT2D eigenvalue weighted by atomic mass is 10.0. The van der Waals surface area contributed by atoms with Gasteiger partial charge in [-0.3, -0.25) is 0 Å². The topological polar surface area (TPSA) is 58.5 Å². The molecule has 0 fully saturated rings. The normalized spacial score (nSPS) is 17.0. The quantitative estimate of drug-likeness (QED) is 0.759. The lowest BCUT2D eigenvalue weighted by Gasteiger charge is -2.21. The van der Waals surface area contributed by atoms with Crippen LogP contribution in [0.4, 0.5) is 0 Å². The standard InChI is InChI=1S/C19H23N5/c1-2-3-4-14-5-7-16(8-6-14)24-12-15(11-23-24)18-19-17(9-10-20-18)21-13-22-19/h5-8,11-13,18,20H,2-4,9-10H2,1H3,(H,21,22). The van der Waals surface area contributed by atoms with Gasteiger partial charge in [0.05, 0.1) is 29.9 Å². The van der Waals surface area contributed by atoms with Gasteiger partial charge in [-0.15, -0.1) is 0 Å². The van der Waals surface area contributed by atoms with Crippen LogP contribution in [0.1, 0.15) is 48.3 Å². The molecular formula is C19H23N5. The number of aryl methyl sites for hydroxylation is 1. The molecule has 1 aromatic carbocycles. The second-order valence-electron chi connectivity index (χ2n) is 6.39. The highest BCUT2D eigenvalue weighted by atomic mass is 15.3. The Morgan fingerprint density at radius 3 is 2.96 bits per heavy atom. The summed E-state index contributed by atoms with van der Waals surface area (Å²) in [7, 11) is 0. The number of aromatic amines is 1. The van der Waals surface area contributed by atoms with E-state index < -0.39 is 0 Å². The van der Waals surface area contributed by atoms with E-state index in [1.165, 1.54) is 24.1 Å². The first-order chi connectivity index (χ1) is 11.8. The number of benzene rings is 1. The lowest BCUT2D eigenvalue weighted by Crippen LogP contribution is -2.30. The molecule has 0 bridgehead atoms. The summed E-state index contributed by atoms with van der Waals surface area (Å²) in [5.74, 6) is 0. The zero-order chi connectivity index (χ0) is 16.4. The maximum Gasteiger partial charge on any atom is 0.0926 e. The van der Waals surface area contributed by atoms with Crippen molar-refractivity contribution in [2.75, 3.05) is 6.54 Å². The molecule has 5 heteroatoms. The van der Waals surface area contributed by atoms with Crippen LogP contribution in [-0.2, 0) is 12.8 Å². The SMILES string of the molecule is CCCCc1ccc(-n2cc(C3NCCc4[nH]cnc43)cn2)cc1. The Morgan fingerprint density at radius 1 is 1.25 bits per heavy atom. The van der Waals surface area contributed by atoms with Crippen LogP contribution in [0.3, 0.4) is 0 Å². The molecule has 2 N–H and O–H groups in total. The Morgan fingerprint density at radius 2 is 2.12 bits per heavy atom. The summed E-state index contributed by atoms with van der Waals surface area (Å²) in [5.41, 5.74) is 5.96. The van der Waals surface area contributed by atoms with Crippen LogP contribution in [0.25, 0.3) is 5.69 Å². The van der Waals surface area contributed by atoms with E-state index in [1.807, 2.05) is 10.9 Å². The van der Waals surface area contributed by atoms with Crippen LogP contribution in [0.2, 0.25) is 0 Å². The molecule has 1 aliphatic heterocycles. The molecule has 3 heterocycles. The summed E-state index contributed by atoms with van der Waals surface area (Å²) in [6.45, 7) is 3.18. The van der Waals surface area contributed by atoms with Crippen LogP contribution in [0.5, 0.6) is 0 Å². The fourth-order valence-corrected chi connectivity index (χ4v) is 3.32. The van der Waals surface area contributed by atoms with E-state index in [4.69, 9.17) is 0 Å². The van der Waals surface area contributed by atoms with Gasteiger partial charge in [0.1, 0.15) is 0 Å². The highest BCUT2D eigenvalue weighted by Gasteiger charge is 2.24. The highest BCUT2D eigenvalue weighted by Crippen LogP contribution is 2.26. The van der Waals surface area contributed by atoms with E-state index >= 15 is 0 Å². The third-order valence-corrected chi connectivity index (χ3v) is 4.70. The van der Waals surface area contributed by atoms with Crippen LogP contribution >= 0.6 is 0 Å². The fourth-order valence-electron chi connectivity index (χ4n) is 3.32. The summed E-state index contributed by atoms with van der Waals surface area (Å²) in [6, 6.07) is 8.83. The van der Waals surface area contributed by atoms with Gasteiger partial charge in [-0.25, -0.2) is 9.67 Å². The molecule has 1 unspecified atom stereocenters. The van der Waals surface area contributed by atoms with Gasteiger partial charge in [0, 0.05) is 30.4 Å². The van der Waals surface area contributed by atoms with Crippen molar-refractivity contribution in [3.63, 3.8) is 0 Å². The van der Waals surface area contributed by atoms with E-state index in [0.29, 0.717) is 0 Å². The Labute approximate surface area is 142 Å². The minimum Gasteiger partial charge on any atom is -0.348 e. The number of fused-ring (bicyclic) bond motifs is 1. The smallest absolute Gasteiger partial charge is 0.0926 e. The first-order valence-electron chi connectivity index (χ1n) is 8.74. The summed E-state index contributed by atoms with van der Waals surface area (Å²) in [6.07, 6.45) is 10.4. The molecule has 4 rings (SSSR count). The minimum absolute atomic E-state index is 0.123. The van der Waals surface area contributed by atoms with Gasteiger partial charge in [-0.2, -0.15) is 5.10 Å². The number of rotatable bonds is 5. The number of nitrogens with zero attached hydrogens (tertiary/aromatic N) is 3. The average molecular weight is 321 g/mol. The monoisotopic (exact) mass is 321 g/mol. The zero-order valence-corrected chi connectivity index (χ0v) is 14.0. The minimum atomic E-state index is 0.123. The van der Waals surface area contributed by atoms with Crippen molar-refractivity contribution in [3.05, 3.63) is 65.5 Å². The molecule has 2 aromatic heterocycles. The molecule has 0 saturated heterocycles. The van der Waals surface area contributed by atoms with E-state index in [2.05, 4.69) is 57.8 Å². The third kappa shape index (κ3) is 2.87. The summed E-state index contributed by atoms with van der Waals surface area (Å²) >= 11 is 0. The van der Waals surface area contributed by atoms with Gasteiger partial charge in [0.15, 0.2) is 0 Å². The molecular weight excluding hydrogens is 298 g/mol. The molecule has 1 aliphatic rings. The third-order valence-electron chi connectivity index (χ3n) is 4.70. The van der Waals surface area contributed by atoms with Crippen molar-refractivity contribution in [1.29, 1.82) is 0 Å². The van der Waals surface area contributed by atoms with Crippen molar-refractivity contribution in [2.24, 2.45) is 0 Å². The van der Waals surface area contributed by atoms with E-state index in [9.17, 15) is 0 Å². The van der Waals surface area contributed by atoms with E-state index in [0.717, 1.165) is 36.3 Å². The lowest BCUT2D eigenvalue weighted by molar-refractivity contribution is 0.553. The van der Waals surface area contributed by atoms with Gasteiger partial charge < -0.3 is 10.3 Å². The first kappa shape index (κ1) is 15.1. The summed E-state index contributed by atoms with van der Waals surface area (Å²) < 4.78 is 1.95. The number of nitrogens with one attached hydrogen (secondary N) is 2. The van der Waals surface area contributed by atoms with Gasteiger partial charge in [0.25, 0.3) is 0 Å². The number of hydrogen-bond donors (Lipinski definition) is 2. The number of H-pyrrole nitrogens is 1. The van der Waals surface area contributed by atoms with Crippen molar-refractivity contribution < 1.29 is 0 Å². The Kier molecular flexibility index (Phi) is 4.17. The van der Waals surface area contributed by atoms with Crippen molar-refractivity contribution in [3.8, 4) is 5.69 Å². The predicted octanol–water partition coefficient (Wildman–Crippen LogP) is 3.17. The Balaban J connectivity index is 1.55. The van der Waals surface area contributed by atoms with Gasteiger partial charge in [-0.05, 0) is 30.5 Å². The molecule has 0 saturated carbocycles. The number of unbranched alkanes of at least 4 members (excludes halogenated alkanes) is 1.